The first-order valence-electron chi connectivity index (χ1n) is 5.19. The lowest BCUT2D eigenvalue weighted by Crippen LogP contribution is -2.42. The maximum Gasteiger partial charge on any atom is 0.0718 e. The van der Waals surface area contributed by atoms with E-state index in [0.29, 0.717) is 12.1 Å². The van der Waals surface area contributed by atoms with E-state index in [9.17, 15) is 0 Å². The van der Waals surface area contributed by atoms with Crippen molar-refractivity contribution in [3.05, 3.63) is 0 Å². The molecule has 0 saturated carbocycles. The van der Waals surface area contributed by atoms with Gasteiger partial charge in [0.1, 0.15) is 0 Å². The summed E-state index contributed by atoms with van der Waals surface area (Å²) in [5.41, 5.74) is 5.93. The maximum atomic E-state index is 5.95. The molecule has 76 valence electrons. The van der Waals surface area contributed by atoms with Gasteiger partial charge in [-0.2, -0.15) is 0 Å². The largest absolute Gasteiger partial charge is 0.375 e. The molecule has 2 saturated heterocycles. The van der Waals surface area contributed by atoms with E-state index in [1.165, 1.54) is 6.42 Å². The average molecular weight is 184 g/mol. The van der Waals surface area contributed by atoms with Crippen molar-refractivity contribution in [2.75, 3.05) is 19.7 Å². The second kappa shape index (κ2) is 3.23. The van der Waals surface area contributed by atoms with Crippen molar-refractivity contribution in [2.45, 2.75) is 44.4 Å². The molecule has 13 heavy (non-hydrogen) atoms. The highest BCUT2D eigenvalue weighted by atomic mass is 16.5. The molecule has 3 heteroatoms. The summed E-state index contributed by atoms with van der Waals surface area (Å²) in [6.45, 7) is 7.39. The van der Waals surface area contributed by atoms with Crippen molar-refractivity contribution in [1.29, 1.82) is 0 Å². The molecule has 2 rings (SSSR count). The van der Waals surface area contributed by atoms with Crippen LogP contribution in [0.3, 0.4) is 0 Å². The third-order valence-corrected chi connectivity index (χ3v) is 3.06. The SMILES string of the molecule is CC(C)(N)CCN1CC2CC1CO2. The van der Waals surface area contributed by atoms with Gasteiger partial charge < -0.3 is 10.5 Å². The molecule has 2 N–H and O–H groups in total. The molecule has 0 aromatic rings. The van der Waals surface area contributed by atoms with Crippen molar-refractivity contribution in [3.63, 3.8) is 0 Å². The third kappa shape index (κ3) is 2.22. The van der Waals surface area contributed by atoms with Gasteiger partial charge in [0.25, 0.3) is 0 Å². The van der Waals surface area contributed by atoms with Gasteiger partial charge in [-0.05, 0) is 26.7 Å². The summed E-state index contributed by atoms with van der Waals surface area (Å²) >= 11 is 0. The highest BCUT2D eigenvalue weighted by Gasteiger charge is 2.38. The van der Waals surface area contributed by atoms with Gasteiger partial charge in [0.15, 0.2) is 0 Å². The van der Waals surface area contributed by atoms with Crippen LogP contribution in [0.15, 0.2) is 0 Å². The third-order valence-electron chi connectivity index (χ3n) is 3.06. The standard InChI is InChI=1S/C10H20N2O/c1-10(2,11)3-4-12-6-9-5-8(12)7-13-9/h8-9H,3-7,11H2,1-2H3. The Kier molecular flexibility index (Phi) is 2.34. The lowest BCUT2D eigenvalue weighted by atomic mass is 10.0. The fraction of sp³-hybridized carbons (Fsp3) is 1.00. The van der Waals surface area contributed by atoms with E-state index in [-0.39, 0.29) is 5.54 Å². The van der Waals surface area contributed by atoms with E-state index in [1.54, 1.807) is 0 Å². The van der Waals surface area contributed by atoms with Crippen molar-refractivity contribution < 1.29 is 4.74 Å². The first kappa shape index (κ1) is 9.44. The minimum atomic E-state index is -0.0251. The van der Waals surface area contributed by atoms with Crippen LogP contribution in [-0.4, -0.2) is 42.3 Å². The Labute approximate surface area is 80.2 Å². The Morgan fingerprint density at radius 1 is 1.54 bits per heavy atom. The van der Waals surface area contributed by atoms with Crippen LogP contribution in [0.4, 0.5) is 0 Å². The Bertz CT molecular complexity index is 188. The molecule has 2 aliphatic heterocycles. The molecule has 2 fully saturated rings. The van der Waals surface area contributed by atoms with Crippen LogP contribution in [0.2, 0.25) is 0 Å². The number of hydrogen-bond acceptors (Lipinski definition) is 3. The molecule has 2 aliphatic rings. The zero-order valence-electron chi connectivity index (χ0n) is 8.62. The molecule has 0 aliphatic carbocycles. The summed E-state index contributed by atoms with van der Waals surface area (Å²) in [5, 5.41) is 0. The van der Waals surface area contributed by atoms with Crippen LogP contribution >= 0.6 is 0 Å². The number of rotatable bonds is 3. The number of ether oxygens (including phenoxy) is 1. The lowest BCUT2D eigenvalue weighted by molar-refractivity contribution is 0.0284. The smallest absolute Gasteiger partial charge is 0.0718 e. The number of nitrogens with zero attached hydrogens (tertiary/aromatic N) is 1. The first-order valence-corrected chi connectivity index (χ1v) is 5.19. The summed E-state index contributed by atoms with van der Waals surface area (Å²) in [5.74, 6) is 0. The number of likely N-dealkylation sites (tertiary alicyclic amines) is 1. The summed E-state index contributed by atoms with van der Waals surface area (Å²) in [4.78, 5) is 2.53. The fourth-order valence-electron chi connectivity index (χ4n) is 2.18. The molecule has 2 heterocycles. The summed E-state index contributed by atoms with van der Waals surface area (Å²) in [6, 6.07) is 0.687. The van der Waals surface area contributed by atoms with Crippen molar-refractivity contribution in [1.82, 2.24) is 4.90 Å². The fourth-order valence-corrected chi connectivity index (χ4v) is 2.18. The molecule has 2 bridgehead atoms. The average Bonchev–Trinajstić information content (AvgIpc) is 2.58. The van der Waals surface area contributed by atoms with Gasteiger partial charge in [0, 0.05) is 24.7 Å². The molecule has 0 aromatic carbocycles. The molecular weight excluding hydrogens is 164 g/mol. The van der Waals surface area contributed by atoms with Crippen LogP contribution in [0.1, 0.15) is 26.7 Å². The van der Waals surface area contributed by atoms with Gasteiger partial charge in [-0.15, -0.1) is 0 Å². The van der Waals surface area contributed by atoms with Crippen LogP contribution in [-0.2, 0) is 4.74 Å². The molecule has 0 radical (unpaired) electrons. The second-order valence-electron chi connectivity index (χ2n) is 5.08. The predicted octanol–water partition coefficient (Wildman–Crippen LogP) is 0.587. The van der Waals surface area contributed by atoms with E-state index in [0.717, 1.165) is 26.1 Å². The number of nitrogens with two attached hydrogens (primary N) is 1. The van der Waals surface area contributed by atoms with E-state index in [1.807, 2.05) is 0 Å². The van der Waals surface area contributed by atoms with Gasteiger partial charge in [-0.1, -0.05) is 0 Å². The Morgan fingerprint density at radius 3 is 2.77 bits per heavy atom. The summed E-state index contributed by atoms with van der Waals surface area (Å²) in [7, 11) is 0. The van der Waals surface area contributed by atoms with Crippen LogP contribution < -0.4 is 5.73 Å². The Hall–Kier alpha value is -0.120. The second-order valence-corrected chi connectivity index (χ2v) is 5.08. The predicted molar refractivity (Wildman–Crippen MR) is 52.6 cm³/mol. The van der Waals surface area contributed by atoms with Crippen molar-refractivity contribution in [3.8, 4) is 0 Å². The maximum absolute atomic E-state index is 5.95. The zero-order valence-corrected chi connectivity index (χ0v) is 8.62. The Morgan fingerprint density at radius 2 is 2.31 bits per heavy atom. The zero-order chi connectivity index (χ0) is 9.47. The van der Waals surface area contributed by atoms with Crippen LogP contribution in [0, 0.1) is 0 Å². The monoisotopic (exact) mass is 184 g/mol. The van der Waals surface area contributed by atoms with Gasteiger partial charge in [0.2, 0.25) is 0 Å². The topological polar surface area (TPSA) is 38.5 Å². The van der Waals surface area contributed by atoms with E-state index in [4.69, 9.17) is 10.5 Å². The molecule has 3 nitrogen and oxygen atoms in total. The molecule has 0 amide bonds. The molecular formula is C10H20N2O. The van der Waals surface area contributed by atoms with Crippen LogP contribution in [0.5, 0.6) is 0 Å². The number of fused-ring (bicyclic) bond motifs is 2. The number of morpholine rings is 1. The van der Waals surface area contributed by atoms with Gasteiger partial charge >= 0.3 is 0 Å². The van der Waals surface area contributed by atoms with Gasteiger partial charge in [-0.3, -0.25) is 4.90 Å². The number of hydrogen-bond donors (Lipinski definition) is 1. The van der Waals surface area contributed by atoms with Crippen LogP contribution in [0.25, 0.3) is 0 Å². The molecule has 2 atom stereocenters. The van der Waals surface area contributed by atoms with Crippen molar-refractivity contribution in [2.24, 2.45) is 5.73 Å². The van der Waals surface area contributed by atoms with Gasteiger partial charge in [-0.25, -0.2) is 0 Å². The quantitative estimate of drug-likeness (QED) is 0.697. The first-order chi connectivity index (χ1) is 6.04. The van der Waals surface area contributed by atoms with Gasteiger partial charge in [0.05, 0.1) is 12.7 Å². The summed E-state index contributed by atoms with van der Waals surface area (Å²) < 4.78 is 5.54. The highest BCUT2D eigenvalue weighted by molar-refractivity contribution is 4.92. The molecule has 2 unspecified atom stereocenters. The van der Waals surface area contributed by atoms with E-state index < -0.39 is 0 Å². The minimum absolute atomic E-state index is 0.0251. The molecule has 0 spiro atoms. The lowest BCUT2D eigenvalue weighted by Gasteiger charge is -2.29. The normalized spacial score (nSPS) is 34.4. The molecule has 0 aromatic heterocycles. The van der Waals surface area contributed by atoms with E-state index in [2.05, 4.69) is 18.7 Å². The minimum Gasteiger partial charge on any atom is -0.375 e. The van der Waals surface area contributed by atoms with E-state index >= 15 is 0 Å². The van der Waals surface area contributed by atoms with Crippen molar-refractivity contribution >= 4 is 0 Å². The highest BCUT2D eigenvalue weighted by Crippen LogP contribution is 2.28. The summed E-state index contributed by atoms with van der Waals surface area (Å²) in [6.07, 6.45) is 2.84. The Balaban J connectivity index is 1.78.